The molecule has 1 aliphatic carbocycles. The summed E-state index contributed by atoms with van der Waals surface area (Å²) in [5.41, 5.74) is 0.0544. The van der Waals surface area contributed by atoms with Crippen LogP contribution < -0.4 is 20.9 Å². The van der Waals surface area contributed by atoms with Crippen LogP contribution in [0.2, 0.25) is 0 Å². The van der Waals surface area contributed by atoms with Crippen LogP contribution in [0, 0.1) is 10.1 Å². The number of nitrogens with zero attached hydrogens (tertiary/aromatic N) is 4. The first-order valence-electron chi connectivity index (χ1n) is 9.50. The normalized spacial score (nSPS) is 18.6. The summed E-state index contributed by atoms with van der Waals surface area (Å²) < 4.78 is 0. The van der Waals surface area contributed by atoms with Crippen LogP contribution in [0.5, 0.6) is 0 Å². The molecule has 1 aromatic heterocycles. The second-order valence-corrected chi connectivity index (χ2v) is 7.20. The van der Waals surface area contributed by atoms with Crippen LogP contribution in [0.4, 0.5) is 27.9 Å². The Balaban J connectivity index is 1.48. The van der Waals surface area contributed by atoms with Gasteiger partial charge < -0.3 is 20.9 Å². The fraction of sp³-hybridized carbons (Fsp3) is 0.421. The number of carbonyl (C=O) groups excluding carboxylic acids is 1. The van der Waals surface area contributed by atoms with E-state index in [1.807, 2.05) is 25.1 Å². The monoisotopic (exact) mass is 399 g/mol. The molecule has 1 aliphatic rings. The van der Waals surface area contributed by atoms with Crippen molar-refractivity contribution >= 4 is 29.2 Å². The number of amides is 2. The van der Waals surface area contributed by atoms with E-state index in [1.54, 1.807) is 18.3 Å². The maximum absolute atomic E-state index is 12.2. The summed E-state index contributed by atoms with van der Waals surface area (Å²) in [6.45, 7) is 0. The lowest BCUT2D eigenvalue weighted by Crippen LogP contribution is -2.42. The number of para-hydroxylation sites is 2. The molecule has 0 aliphatic heterocycles. The van der Waals surface area contributed by atoms with E-state index in [0.29, 0.717) is 5.95 Å². The molecular formula is C19H25N7O3. The van der Waals surface area contributed by atoms with Gasteiger partial charge in [0.05, 0.1) is 4.92 Å². The molecule has 1 fully saturated rings. The summed E-state index contributed by atoms with van der Waals surface area (Å²) in [5.74, 6) is 1.44. The third-order valence-corrected chi connectivity index (χ3v) is 4.84. The minimum atomic E-state index is -0.514. The van der Waals surface area contributed by atoms with E-state index in [0.717, 1.165) is 31.5 Å². The summed E-state index contributed by atoms with van der Waals surface area (Å²) in [6.07, 6.45) is 5.06. The fourth-order valence-corrected chi connectivity index (χ4v) is 3.31. The van der Waals surface area contributed by atoms with E-state index < -0.39 is 11.0 Å². The van der Waals surface area contributed by atoms with E-state index in [9.17, 15) is 14.9 Å². The van der Waals surface area contributed by atoms with Gasteiger partial charge in [-0.05, 0) is 37.8 Å². The standard InChI is InChI=1S/C19H25N7O3/c1-25(2)17-11-12-20-18(24-17)21-13-7-9-14(10-8-13)22-19(27)23-15-5-3-4-6-16(15)26(28)29/h3-6,11-14H,7-10H2,1-2H3,(H,20,21,24)(H2,22,23,27). The highest BCUT2D eigenvalue weighted by atomic mass is 16.6. The number of urea groups is 1. The van der Waals surface area contributed by atoms with Gasteiger partial charge in [-0.25, -0.2) is 9.78 Å². The summed E-state index contributed by atoms with van der Waals surface area (Å²) in [4.78, 5) is 33.4. The van der Waals surface area contributed by atoms with Crippen molar-refractivity contribution in [2.75, 3.05) is 29.6 Å². The molecule has 154 valence electrons. The van der Waals surface area contributed by atoms with Gasteiger partial charge in [0.2, 0.25) is 5.95 Å². The molecule has 1 saturated carbocycles. The number of nitrogens with one attached hydrogen (secondary N) is 3. The summed E-state index contributed by atoms with van der Waals surface area (Å²) in [5, 5.41) is 19.9. The van der Waals surface area contributed by atoms with Crippen LogP contribution in [0.25, 0.3) is 0 Å². The maximum atomic E-state index is 12.2. The number of anilines is 3. The summed E-state index contributed by atoms with van der Waals surface area (Å²) in [7, 11) is 3.86. The highest BCUT2D eigenvalue weighted by Gasteiger charge is 2.24. The van der Waals surface area contributed by atoms with Crippen LogP contribution >= 0.6 is 0 Å². The van der Waals surface area contributed by atoms with Crippen molar-refractivity contribution in [1.29, 1.82) is 0 Å². The van der Waals surface area contributed by atoms with Crippen molar-refractivity contribution in [3.05, 3.63) is 46.6 Å². The Morgan fingerprint density at radius 1 is 1.14 bits per heavy atom. The van der Waals surface area contributed by atoms with Gasteiger partial charge in [-0.3, -0.25) is 10.1 Å². The van der Waals surface area contributed by atoms with E-state index >= 15 is 0 Å². The molecule has 2 aromatic rings. The van der Waals surface area contributed by atoms with Crippen LogP contribution in [-0.4, -0.2) is 47.1 Å². The predicted molar refractivity (Wildman–Crippen MR) is 111 cm³/mol. The Kier molecular flexibility index (Phi) is 6.43. The number of rotatable bonds is 6. The number of benzene rings is 1. The van der Waals surface area contributed by atoms with Crippen LogP contribution in [-0.2, 0) is 0 Å². The van der Waals surface area contributed by atoms with E-state index in [2.05, 4.69) is 25.9 Å². The second-order valence-electron chi connectivity index (χ2n) is 7.20. The average molecular weight is 399 g/mol. The van der Waals surface area contributed by atoms with Crippen LogP contribution in [0.1, 0.15) is 25.7 Å². The van der Waals surface area contributed by atoms with Gasteiger partial charge in [0, 0.05) is 38.4 Å². The molecule has 1 aromatic carbocycles. The average Bonchev–Trinajstić information content (AvgIpc) is 2.70. The van der Waals surface area contributed by atoms with Gasteiger partial charge in [-0.15, -0.1) is 0 Å². The second kappa shape index (κ2) is 9.18. The smallest absolute Gasteiger partial charge is 0.319 e. The molecule has 3 rings (SSSR count). The highest BCUT2D eigenvalue weighted by Crippen LogP contribution is 2.24. The summed E-state index contributed by atoms with van der Waals surface area (Å²) in [6, 6.07) is 7.76. The molecule has 0 saturated heterocycles. The first kappa shape index (κ1) is 20.3. The van der Waals surface area contributed by atoms with Gasteiger partial charge in [0.25, 0.3) is 5.69 Å². The molecule has 0 bridgehead atoms. The van der Waals surface area contributed by atoms with Crippen molar-refractivity contribution in [1.82, 2.24) is 15.3 Å². The number of hydrogen-bond acceptors (Lipinski definition) is 7. The lowest BCUT2D eigenvalue weighted by molar-refractivity contribution is -0.383. The molecular weight excluding hydrogens is 374 g/mol. The first-order valence-corrected chi connectivity index (χ1v) is 9.50. The fourth-order valence-electron chi connectivity index (χ4n) is 3.31. The van der Waals surface area contributed by atoms with Gasteiger partial charge in [0.1, 0.15) is 11.5 Å². The van der Waals surface area contributed by atoms with Crippen molar-refractivity contribution in [2.24, 2.45) is 0 Å². The number of aromatic nitrogens is 2. The van der Waals surface area contributed by atoms with E-state index in [-0.39, 0.29) is 23.5 Å². The first-order chi connectivity index (χ1) is 13.9. The molecule has 0 radical (unpaired) electrons. The predicted octanol–water partition coefficient (Wildman–Crippen LogP) is 3.00. The Morgan fingerprint density at radius 2 is 1.83 bits per heavy atom. The molecule has 2 amide bonds. The number of hydrogen-bond donors (Lipinski definition) is 3. The molecule has 1 heterocycles. The third kappa shape index (κ3) is 5.53. The Labute approximate surface area is 168 Å². The third-order valence-electron chi connectivity index (χ3n) is 4.84. The zero-order valence-corrected chi connectivity index (χ0v) is 16.5. The zero-order valence-electron chi connectivity index (χ0n) is 16.5. The molecule has 3 N–H and O–H groups in total. The molecule has 0 spiro atoms. The quantitative estimate of drug-likeness (QED) is 0.503. The molecule has 10 heteroatoms. The highest BCUT2D eigenvalue weighted by molar-refractivity contribution is 5.91. The van der Waals surface area contributed by atoms with Crippen molar-refractivity contribution in [3.63, 3.8) is 0 Å². The number of nitro groups is 1. The molecule has 0 unspecified atom stereocenters. The molecule has 29 heavy (non-hydrogen) atoms. The molecule has 0 atom stereocenters. The maximum Gasteiger partial charge on any atom is 0.319 e. The lowest BCUT2D eigenvalue weighted by Gasteiger charge is -2.29. The SMILES string of the molecule is CN(C)c1ccnc(NC2CCC(NC(=O)Nc3ccccc3[N+](=O)[O-])CC2)n1. The Hall–Kier alpha value is -3.43. The number of nitro benzene ring substituents is 1. The van der Waals surface area contributed by atoms with Crippen molar-refractivity contribution in [2.45, 2.75) is 37.8 Å². The van der Waals surface area contributed by atoms with Gasteiger partial charge in [0.15, 0.2) is 0 Å². The van der Waals surface area contributed by atoms with Crippen molar-refractivity contribution in [3.8, 4) is 0 Å². The minimum absolute atomic E-state index is 0.0184. The lowest BCUT2D eigenvalue weighted by atomic mass is 9.91. The Bertz CT molecular complexity index is 866. The van der Waals surface area contributed by atoms with Gasteiger partial charge >= 0.3 is 6.03 Å². The van der Waals surface area contributed by atoms with E-state index in [1.165, 1.54) is 12.1 Å². The topological polar surface area (TPSA) is 125 Å². The van der Waals surface area contributed by atoms with Crippen molar-refractivity contribution < 1.29 is 9.72 Å². The number of carbonyl (C=O) groups is 1. The van der Waals surface area contributed by atoms with E-state index in [4.69, 9.17) is 0 Å². The Morgan fingerprint density at radius 3 is 2.52 bits per heavy atom. The minimum Gasteiger partial charge on any atom is -0.363 e. The van der Waals surface area contributed by atoms with Crippen LogP contribution in [0.15, 0.2) is 36.5 Å². The zero-order chi connectivity index (χ0) is 20.8. The van der Waals surface area contributed by atoms with Gasteiger partial charge in [-0.1, -0.05) is 12.1 Å². The van der Waals surface area contributed by atoms with Crippen LogP contribution in [0.3, 0.4) is 0 Å². The van der Waals surface area contributed by atoms with Gasteiger partial charge in [-0.2, -0.15) is 4.98 Å². The largest absolute Gasteiger partial charge is 0.363 e. The summed E-state index contributed by atoms with van der Waals surface area (Å²) >= 11 is 0. The molecule has 10 nitrogen and oxygen atoms in total.